The van der Waals surface area contributed by atoms with Gasteiger partial charge in [0.1, 0.15) is 4.21 Å². The summed E-state index contributed by atoms with van der Waals surface area (Å²) in [6.45, 7) is 5.63. The van der Waals surface area contributed by atoms with Crippen molar-refractivity contribution >= 4 is 33.0 Å². The van der Waals surface area contributed by atoms with Crippen LogP contribution in [0.1, 0.15) is 12.5 Å². The summed E-state index contributed by atoms with van der Waals surface area (Å²) >= 11 is 7.07. The van der Waals surface area contributed by atoms with Crippen LogP contribution in [0.5, 0.6) is 0 Å². The summed E-state index contributed by atoms with van der Waals surface area (Å²) in [7, 11) is -3.39. The van der Waals surface area contributed by atoms with Crippen molar-refractivity contribution in [1.29, 1.82) is 0 Å². The van der Waals surface area contributed by atoms with Crippen molar-refractivity contribution in [2.75, 3.05) is 19.6 Å². The highest BCUT2D eigenvalue weighted by atomic mass is 35.5. The Kier molecular flexibility index (Phi) is 3.80. The molecule has 1 atom stereocenters. The predicted molar refractivity (Wildman–Crippen MR) is 70.3 cm³/mol. The fourth-order valence-corrected chi connectivity index (χ4v) is 5.32. The van der Waals surface area contributed by atoms with Gasteiger partial charge in [-0.2, -0.15) is 4.31 Å². The molecule has 7 heteroatoms. The standard InChI is InChI=1S/C10H15ClN2O2S2/c1-7-5-9(16-10(7)11)17(14,15)13-4-3-12-6-8(13)2/h5,8,12H,3-4,6H2,1-2H3. The van der Waals surface area contributed by atoms with Crippen LogP contribution in [-0.2, 0) is 10.0 Å². The van der Waals surface area contributed by atoms with Crippen LogP contribution in [-0.4, -0.2) is 38.4 Å². The molecule has 0 saturated carbocycles. The van der Waals surface area contributed by atoms with Crippen LogP contribution < -0.4 is 5.32 Å². The van der Waals surface area contributed by atoms with E-state index in [1.54, 1.807) is 10.4 Å². The molecule has 1 aliphatic rings. The molecule has 1 aliphatic heterocycles. The molecule has 1 fully saturated rings. The molecule has 1 aromatic rings. The first kappa shape index (κ1) is 13.3. The van der Waals surface area contributed by atoms with Crippen LogP contribution in [0.3, 0.4) is 0 Å². The number of nitrogens with one attached hydrogen (secondary N) is 1. The van der Waals surface area contributed by atoms with Crippen molar-refractivity contribution in [2.24, 2.45) is 0 Å². The van der Waals surface area contributed by atoms with Crippen LogP contribution in [0.2, 0.25) is 4.34 Å². The maximum atomic E-state index is 12.4. The fraction of sp³-hybridized carbons (Fsp3) is 0.600. The molecule has 0 aromatic carbocycles. The molecular formula is C10H15ClN2O2S2. The molecule has 4 nitrogen and oxygen atoms in total. The van der Waals surface area contributed by atoms with E-state index in [2.05, 4.69) is 5.32 Å². The van der Waals surface area contributed by atoms with Gasteiger partial charge in [-0.3, -0.25) is 0 Å². The van der Waals surface area contributed by atoms with Gasteiger partial charge in [-0.1, -0.05) is 11.6 Å². The molecule has 1 aromatic heterocycles. The minimum absolute atomic E-state index is 0.0186. The van der Waals surface area contributed by atoms with Crippen LogP contribution in [0, 0.1) is 6.92 Å². The van der Waals surface area contributed by atoms with Crippen molar-refractivity contribution in [3.8, 4) is 0 Å². The van der Waals surface area contributed by atoms with E-state index in [0.29, 0.717) is 28.2 Å². The van der Waals surface area contributed by atoms with Gasteiger partial charge in [-0.05, 0) is 25.5 Å². The van der Waals surface area contributed by atoms with Crippen LogP contribution in [0.4, 0.5) is 0 Å². The average molecular weight is 295 g/mol. The summed E-state index contributed by atoms with van der Waals surface area (Å²) in [5.41, 5.74) is 0.818. The largest absolute Gasteiger partial charge is 0.314 e. The lowest BCUT2D eigenvalue weighted by Crippen LogP contribution is -2.51. The number of hydrogen-bond acceptors (Lipinski definition) is 4. The third kappa shape index (κ3) is 2.51. The minimum atomic E-state index is -3.39. The lowest BCUT2D eigenvalue weighted by atomic mass is 10.3. The smallest absolute Gasteiger partial charge is 0.252 e. The van der Waals surface area contributed by atoms with E-state index in [-0.39, 0.29) is 6.04 Å². The Morgan fingerprint density at radius 2 is 2.29 bits per heavy atom. The first-order chi connectivity index (χ1) is 7.93. The molecule has 2 rings (SSSR count). The molecule has 17 heavy (non-hydrogen) atoms. The maximum Gasteiger partial charge on any atom is 0.252 e. The van der Waals surface area contributed by atoms with Crippen LogP contribution >= 0.6 is 22.9 Å². The lowest BCUT2D eigenvalue weighted by Gasteiger charge is -2.32. The number of hydrogen-bond donors (Lipinski definition) is 1. The third-order valence-corrected chi connectivity index (χ3v) is 6.86. The number of thiophene rings is 1. The molecule has 2 heterocycles. The normalized spacial score (nSPS) is 22.9. The Bertz CT molecular complexity index is 493. The molecule has 0 radical (unpaired) electrons. The van der Waals surface area contributed by atoms with Crippen molar-refractivity contribution in [1.82, 2.24) is 9.62 Å². The summed E-state index contributed by atoms with van der Waals surface area (Å²) in [5, 5.41) is 3.18. The second-order valence-corrected chi connectivity index (χ2v) is 7.96. The van der Waals surface area contributed by atoms with E-state index >= 15 is 0 Å². The van der Waals surface area contributed by atoms with Gasteiger partial charge in [0.2, 0.25) is 0 Å². The zero-order chi connectivity index (χ0) is 12.6. The quantitative estimate of drug-likeness (QED) is 0.903. The molecule has 96 valence electrons. The zero-order valence-electron chi connectivity index (χ0n) is 9.73. The Hall–Kier alpha value is -0.140. The van der Waals surface area contributed by atoms with Gasteiger partial charge in [0.25, 0.3) is 10.0 Å². The molecule has 1 N–H and O–H groups in total. The highest BCUT2D eigenvalue weighted by Gasteiger charge is 2.32. The van der Waals surface area contributed by atoms with Gasteiger partial charge in [-0.15, -0.1) is 11.3 Å². The Labute approximate surface area is 111 Å². The summed E-state index contributed by atoms with van der Waals surface area (Å²) in [6.07, 6.45) is 0. The van der Waals surface area contributed by atoms with E-state index < -0.39 is 10.0 Å². The number of piperazine rings is 1. The third-order valence-electron chi connectivity index (χ3n) is 2.84. The minimum Gasteiger partial charge on any atom is -0.314 e. The van der Waals surface area contributed by atoms with Crippen molar-refractivity contribution in [2.45, 2.75) is 24.1 Å². The Morgan fingerprint density at radius 3 is 2.82 bits per heavy atom. The van der Waals surface area contributed by atoms with Crippen molar-refractivity contribution < 1.29 is 8.42 Å². The lowest BCUT2D eigenvalue weighted by molar-refractivity contribution is 0.284. The highest BCUT2D eigenvalue weighted by Crippen LogP contribution is 2.32. The first-order valence-corrected chi connectivity index (χ1v) is 8.05. The van der Waals surface area contributed by atoms with Crippen LogP contribution in [0.25, 0.3) is 0 Å². The summed E-state index contributed by atoms with van der Waals surface area (Å²) in [6, 6.07) is 1.63. The van der Waals surface area contributed by atoms with Gasteiger partial charge in [0, 0.05) is 25.7 Å². The Morgan fingerprint density at radius 1 is 1.59 bits per heavy atom. The second-order valence-electron chi connectivity index (χ2n) is 4.19. The van der Waals surface area contributed by atoms with Crippen LogP contribution in [0.15, 0.2) is 10.3 Å². The van der Waals surface area contributed by atoms with E-state index in [1.807, 2.05) is 13.8 Å². The number of halogens is 1. The summed E-state index contributed by atoms with van der Waals surface area (Å²) in [4.78, 5) is 0. The topological polar surface area (TPSA) is 49.4 Å². The SMILES string of the molecule is Cc1cc(S(=O)(=O)N2CCNCC2C)sc1Cl. The average Bonchev–Trinajstić information content (AvgIpc) is 2.60. The molecule has 0 bridgehead atoms. The van der Waals surface area contributed by atoms with E-state index in [4.69, 9.17) is 11.6 Å². The number of rotatable bonds is 2. The maximum absolute atomic E-state index is 12.4. The summed E-state index contributed by atoms with van der Waals surface area (Å²) < 4.78 is 27.3. The second kappa shape index (κ2) is 4.85. The molecule has 0 aliphatic carbocycles. The molecule has 1 unspecified atom stereocenters. The van der Waals surface area contributed by atoms with Gasteiger partial charge >= 0.3 is 0 Å². The van der Waals surface area contributed by atoms with Gasteiger partial charge in [0.05, 0.1) is 4.34 Å². The Balaban J connectivity index is 2.35. The van der Waals surface area contributed by atoms with Gasteiger partial charge in [0.15, 0.2) is 0 Å². The molecular weight excluding hydrogens is 280 g/mol. The summed E-state index contributed by atoms with van der Waals surface area (Å²) in [5.74, 6) is 0. The van der Waals surface area contributed by atoms with Crippen molar-refractivity contribution in [3.05, 3.63) is 16.0 Å². The molecule has 1 saturated heterocycles. The van der Waals surface area contributed by atoms with E-state index in [1.165, 1.54) is 0 Å². The zero-order valence-corrected chi connectivity index (χ0v) is 12.1. The first-order valence-electron chi connectivity index (χ1n) is 5.41. The monoisotopic (exact) mass is 294 g/mol. The number of sulfonamides is 1. The highest BCUT2D eigenvalue weighted by molar-refractivity contribution is 7.91. The number of nitrogens with zero attached hydrogens (tertiary/aromatic N) is 1. The molecule has 0 amide bonds. The molecule has 0 spiro atoms. The van der Waals surface area contributed by atoms with E-state index in [9.17, 15) is 8.42 Å². The van der Waals surface area contributed by atoms with E-state index in [0.717, 1.165) is 16.9 Å². The van der Waals surface area contributed by atoms with Crippen molar-refractivity contribution in [3.63, 3.8) is 0 Å². The van der Waals surface area contributed by atoms with Gasteiger partial charge < -0.3 is 5.32 Å². The number of aryl methyl sites for hydroxylation is 1. The fourth-order valence-electron chi connectivity index (χ4n) is 1.85. The predicted octanol–water partition coefficient (Wildman–Crippen LogP) is 1.69. The van der Waals surface area contributed by atoms with Gasteiger partial charge in [-0.25, -0.2) is 8.42 Å².